The van der Waals surface area contributed by atoms with Crippen LogP contribution in [0.2, 0.25) is 0 Å². The van der Waals surface area contributed by atoms with Gasteiger partial charge in [-0.15, -0.1) is 0 Å². The normalized spacial score (nSPS) is 22.7. The van der Waals surface area contributed by atoms with E-state index in [0.29, 0.717) is 25.7 Å². The van der Waals surface area contributed by atoms with Crippen molar-refractivity contribution in [2.75, 3.05) is 13.2 Å². The second kappa shape index (κ2) is 38.4. The molecule has 1 saturated carbocycles. The molecule has 0 aromatic heterocycles. The van der Waals surface area contributed by atoms with Gasteiger partial charge >= 0.3 is 19.8 Å². The molecule has 7 N–H and O–H groups in total. The molecule has 0 aliphatic heterocycles. The minimum absolute atomic E-state index is 0.0457. The number of carbonyl (C=O) groups excluding carboxylic acids is 2. The third kappa shape index (κ3) is 30.5. The number of esters is 2. The molecule has 0 spiro atoms. The van der Waals surface area contributed by atoms with Gasteiger partial charge in [0.1, 0.15) is 43.2 Å². The van der Waals surface area contributed by atoms with Crippen molar-refractivity contribution in [2.24, 2.45) is 0 Å². The van der Waals surface area contributed by atoms with Crippen molar-refractivity contribution in [1.29, 1.82) is 0 Å². The van der Waals surface area contributed by atoms with E-state index in [2.05, 4.69) is 26.0 Å². The van der Waals surface area contributed by atoms with Crippen molar-refractivity contribution < 1.29 is 68.2 Å². The Morgan fingerprint density at radius 2 is 1.08 bits per heavy atom. The quantitative estimate of drug-likeness (QED) is 0.0101. The summed E-state index contributed by atoms with van der Waals surface area (Å²) in [6.07, 6.45) is 31.5. The van der Waals surface area contributed by atoms with E-state index in [4.69, 9.17) is 18.5 Å². The zero-order valence-corrected chi connectivity index (χ0v) is 39.6. The van der Waals surface area contributed by atoms with Crippen molar-refractivity contribution in [2.45, 2.75) is 210 Å². The first-order valence-corrected chi connectivity index (χ1v) is 25.3. The summed E-state index contributed by atoms with van der Waals surface area (Å²) in [7, 11) is -5.15. The molecular weight excluding hydrogens is 843 g/mol. The summed E-state index contributed by atoms with van der Waals surface area (Å²) in [5, 5.41) is 60.0. The third-order valence-electron chi connectivity index (χ3n) is 10.7. The van der Waals surface area contributed by atoms with Gasteiger partial charge in [0, 0.05) is 12.8 Å². The molecule has 1 rings (SSSR count). The van der Waals surface area contributed by atoms with Gasteiger partial charge in [-0.25, -0.2) is 4.57 Å². The lowest BCUT2D eigenvalue weighted by Crippen LogP contribution is -2.64. The second-order valence-electron chi connectivity index (χ2n) is 16.4. The van der Waals surface area contributed by atoms with Crippen LogP contribution < -0.4 is 0 Å². The third-order valence-corrected chi connectivity index (χ3v) is 11.6. The fourth-order valence-electron chi connectivity index (χ4n) is 6.81. The maximum atomic E-state index is 12.8. The van der Waals surface area contributed by atoms with Crippen LogP contribution >= 0.6 is 7.82 Å². The molecule has 0 bridgehead atoms. The summed E-state index contributed by atoms with van der Waals surface area (Å²) in [4.78, 5) is 35.7. The highest BCUT2D eigenvalue weighted by Gasteiger charge is 2.51. The van der Waals surface area contributed by atoms with Crippen molar-refractivity contribution in [3.05, 3.63) is 72.9 Å². The van der Waals surface area contributed by atoms with Crippen molar-refractivity contribution in [3.8, 4) is 0 Å². The van der Waals surface area contributed by atoms with E-state index >= 15 is 0 Å². The van der Waals surface area contributed by atoms with Gasteiger partial charge in [-0.3, -0.25) is 18.6 Å². The smallest absolute Gasteiger partial charge is 0.462 e. The lowest BCUT2D eigenvalue weighted by Gasteiger charge is -2.41. The first kappa shape index (κ1) is 59.3. The van der Waals surface area contributed by atoms with Crippen LogP contribution in [0.3, 0.4) is 0 Å². The highest BCUT2D eigenvalue weighted by molar-refractivity contribution is 7.47. The number of allylic oxidation sites excluding steroid dienone is 10. The molecule has 9 atom stereocenters. The Morgan fingerprint density at radius 3 is 1.62 bits per heavy atom. The molecule has 14 nitrogen and oxygen atoms in total. The molecule has 1 aliphatic carbocycles. The summed E-state index contributed by atoms with van der Waals surface area (Å²) in [6.45, 7) is 3.03. The monoisotopic (exact) mass is 927 g/mol. The first-order valence-electron chi connectivity index (χ1n) is 23.8. The predicted octanol–water partition coefficient (Wildman–Crippen LogP) is 8.47. The molecule has 368 valence electrons. The Balaban J connectivity index is 2.52. The van der Waals surface area contributed by atoms with E-state index in [1.54, 1.807) is 6.08 Å². The molecule has 0 aromatic rings. The Morgan fingerprint density at radius 1 is 0.578 bits per heavy atom. The fraction of sp³-hybridized carbons (Fsp3) is 0.714. The van der Waals surface area contributed by atoms with Crippen LogP contribution in [0.1, 0.15) is 162 Å². The number of aliphatic hydroxyl groups excluding tert-OH is 6. The number of unbranched alkanes of at least 4 members (excludes halogenated alkanes) is 14. The van der Waals surface area contributed by atoms with E-state index in [-0.39, 0.29) is 12.8 Å². The van der Waals surface area contributed by atoms with Crippen LogP contribution in [0.5, 0.6) is 0 Å². The minimum Gasteiger partial charge on any atom is -0.462 e. The number of hydrogen-bond acceptors (Lipinski definition) is 13. The molecule has 0 heterocycles. The lowest BCUT2D eigenvalue weighted by atomic mass is 9.85. The molecule has 15 heteroatoms. The molecule has 0 radical (unpaired) electrons. The Kier molecular flexibility index (Phi) is 35.5. The van der Waals surface area contributed by atoms with Gasteiger partial charge in [0.25, 0.3) is 0 Å². The highest BCUT2D eigenvalue weighted by Crippen LogP contribution is 2.47. The number of aliphatic hydroxyl groups is 6. The summed E-state index contributed by atoms with van der Waals surface area (Å²) in [5.41, 5.74) is 0. The summed E-state index contributed by atoms with van der Waals surface area (Å²) < 4.78 is 33.4. The van der Waals surface area contributed by atoms with Crippen LogP contribution in [0.4, 0.5) is 0 Å². The Bertz CT molecular complexity index is 1410. The average molecular weight is 927 g/mol. The first-order chi connectivity index (χ1) is 30.8. The molecular formula is C49H83O14P. The number of phosphoric ester groups is 1. The van der Waals surface area contributed by atoms with Crippen LogP contribution in [0.15, 0.2) is 72.9 Å². The number of hydrogen-bond donors (Lipinski definition) is 7. The molecule has 0 amide bonds. The predicted molar refractivity (Wildman–Crippen MR) is 250 cm³/mol. The summed E-state index contributed by atoms with van der Waals surface area (Å²) in [6, 6.07) is 0. The van der Waals surface area contributed by atoms with E-state index in [9.17, 15) is 49.7 Å². The minimum atomic E-state index is -5.15. The molecule has 1 fully saturated rings. The van der Waals surface area contributed by atoms with Crippen LogP contribution in [0.25, 0.3) is 0 Å². The van der Waals surface area contributed by atoms with Gasteiger partial charge in [-0.2, -0.15) is 0 Å². The number of ether oxygens (including phenoxy) is 2. The maximum absolute atomic E-state index is 12.8. The zero-order valence-electron chi connectivity index (χ0n) is 38.7. The van der Waals surface area contributed by atoms with E-state index in [1.807, 2.05) is 54.7 Å². The molecule has 1 aliphatic rings. The second-order valence-corrected chi connectivity index (χ2v) is 17.8. The van der Waals surface area contributed by atoms with Crippen molar-refractivity contribution in [3.63, 3.8) is 0 Å². The molecule has 0 saturated heterocycles. The molecule has 0 aromatic carbocycles. The zero-order chi connectivity index (χ0) is 47.3. The van der Waals surface area contributed by atoms with Crippen LogP contribution in [-0.2, 0) is 32.7 Å². The largest absolute Gasteiger partial charge is 0.472 e. The van der Waals surface area contributed by atoms with Gasteiger partial charge in [0.2, 0.25) is 0 Å². The van der Waals surface area contributed by atoms with Crippen LogP contribution in [0, 0.1) is 0 Å². The topological polar surface area (TPSA) is 230 Å². The van der Waals surface area contributed by atoms with E-state index in [1.165, 1.54) is 70.6 Å². The summed E-state index contributed by atoms with van der Waals surface area (Å²) >= 11 is 0. The summed E-state index contributed by atoms with van der Waals surface area (Å²) in [5.74, 6) is -1.22. The van der Waals surface area contributed by atoms with Gasteiger partial charge in [0.15, 0.2) is 6.10 Å². The van der Waals surface area contributed by atoms with E-state index < -0.39 is 81.8 Å². The maximum Gasteiger partial charge on any atom is 0.472 e. The Labute approximate surface area is 383 Å². The van der Waals surface area contributed by atoms with Crippen molar-refractivity contribution >= 4 is 19.8 Å². The number of phosphoric acid groups is 1. The van der Waals surface area contributed by atoms with Gasteiger partial charge < -0.3 is 45.0 Å². The number of carbonyl (C=O) groups is 2. The van der Waals surface area contributed by atoms with Gasteiger partial charge in [0.05, 0.1) is 12.7 Å². The van der Waals surface area contributed by atoms with Gasteiger partial charge in [-0.05, 0) is 44.9 Å². The Hall–Kier alpha value is -2.75. The van der Waals surface area contributed by atoms with Crippen molar-refractivity contribution in [1.82, 2.24) is 0 Å². The van der Waals surface area contributed by atoms with Gasteiger partial charge in [-0.1, -0.05) is 177 Å². The molecule has 4 unspecified atom stereocenters. The number of rotatable bonds is 38. The van der Waals surface area contributed by atoms with E-state index in [0.717, 1.165) is 38.5 Å². The van der Waals surface area contributed by atoms with Crippen LogP contribution in [-0.4, -0.2) is 110 Å². The standard InChI is InChI=1S/C49H83O14P/c1-3-5-7-8-9-10-11-12-13-16-19-22-25-28-32-36-42(51)60-38-41(39-61-64(58,59)63-49-47(56)45(54)44(53)46(55)48(49)57)62-43(52)37-33-29-26-23-20-17-14-15-18-21-24-27-31-35-40(50)34-30-6-4-2/h6,15,17-18,20,24,26-27,29-31,35,40-41,44-50,53-57H,3-5,7-14,16,19,21-23,25,28,32-34,36-39H2,1-2H3,(H,58,59)/b18-15-,20-17-,27-24+,29-26-,30-6-,35-31+/t40?,41-,44?,45-,46+,47-,48-,49?/m1/s1. The lowest BCUT2D eigenvalue weighted by molar-refractivity contribution is -0.220. The highest BCUT2D eigenvalue weighted by atomic mass is 31.2. The fourth-order valence-corrected chi connectivity index (χ4v) is 7.78. The molecule has 64 heavy (non-hydrogen) atoms. The average Bonchev–Trinajstić information content (AvgIpc) is 3.27. The SMILES string of the molecule is CC/C=C\CC(O)/C=C/C=C/C/C=C\C/C=C\C/C=C\CCC(=O)O[C@H](COC(=O)CCCCCCCCCCCCCCCCC)COP(=O)(O)OC1[C@H](O)[C@H](O)C(O)[C@H](O)[C@H]1O.